The van der Waals surface area contributed by atoms with E-state index < -0.39 is 10.0 Å². The average Bonchev–Trinajstić information content (AvgIpc) is 2.50. The van der Waals surface area contributed by atoms with Crippen molar-refractivity contribution < 1.29 is 8.42 Å². The fourth-order valence-electron chi connectivity index (χ4n) is 1.95. The van der Waals surface area contributed by atoms with Crippen LogP contribution in [0.2, 0.25) is 0 Å². The predicted octanol–water partition coefficient (Wildman–Crippen LogP) is 3.32. The molecule has 0 aliphatic rings. The van der Waals surface area contributed by atoms with Gasteiger partial charge in [-0.15, -0.1) is 0 Å². The van der Waals surface area contributed by atoms with Gasteiger partial charge in [0.15, 0.2) is 0 Å². The van der Waals surface area contributed by atoms with Crippen molar-refractivity contribution in [3.8, 4) is 0 Å². The number of hydrogen-bond acceptors (Lipinski definition) is 4. The number of rotatable bonds is 6. The Bertz CT molecular complexity index is 710. The first-order valence-electron chi connectivity index (χ1n) is 7.19. The summed E-state index contributed by atoms with van der Waals surface area (Å²) >= 11 is 0. The Hall–Kier alpha value is -2.08. The lowest BCUT2D eigenvalue weighted by Crippen LogP contribution is -2.14. The maximum Gasteiger partial charge on any atom is 0.232 e. The molecule has 1 atom stereocenters. The molecule has 6 heteroatoms. The molecule has 1 heterocycles. The van der Waals surface area contributed by atoms with E-state index in [1.165, 1.54) is 0 Å². The molecule has 0 aliphatic carbocycles. The topological polar surface area (TPSA) is 71.1 Å². The Labute approximate surface area is 131 Å². The van der Waals surface area contributed by atoms with Crippen molar-refractivity contribution in [3.05, 3.63) is 53.7 Å². The zero-order chi connectivity index (χ0) is 16.2. The zero-order valence-electron chi connectivity index (χ0n) is 13.0. The lowest BCUT2D eigenvalue weighted by atomic mass is 10.1. The Balaban J connectivity index is 2.04. The first-order chi connectivity index (χ1) is 10.4. The first-order valence-corrected chi connectivity index (χ1v) is 8.84. The minimum atomic E-state index is -3.23. The molecule has 0 amide bonds. The molecular weight excluding hydrogens is 298 g/mol. The summed E-state index contributed by atoms with van der Waals surface area (Å²) in [5.41, 5.74) is 2.75. The Kier molecular flexibility index (Phi) is 5.03. The number of aryl methyl sites for hydroxylation is 1. The van der Waals surface area contributed by atoms with Gasteiger partial charge in [-0.3, -0.25) is 4.72 Å². The highest BCUT2D eigenvalue weighted by Crippen LogP contribution is 2.20. The van der Waals surface area contributed by atoms with Crippen LogP contribution in [0.5, 0.6) is 0 Å². The molecule has 2 N–H and O–H groups in total. The maximum absolute atomic E-state index is 11.5. The van der Waals surface area contributed by atoms with E-state index in [2.05, 4.69) is 15.0 Å². The third-order valence-corrected chi connectivity index (χ3v) is 4.65. The van der Waals surface area contributed by atoms with Crippen LogP contribution in [0.1, 0.15) is 31.0 Å². The Morgan fingerprint density at radius 2 is 1.82 bits per heavy atom. The van der Waals surface area contributed by atoms with Gasteiger partial charge < -0.3 is 5.32 Å². The summed E-state index contributed by atoms with van der Waals surface area (Å²) in [6.07, 6.45) is 1.82. The second-order valence-electron chi connectivity index (χ2n) is 5.21. The number of sulfonamides is 1. The van der Waals surface area contributed by atoms with Gasteiger partial charge in [-0.05, 0) is 50.1 Å². The van der Waals surface area contributed by atoms with Crippen molar-refractivity contribution in [2.75, 3.05) is 15.8 Å². The number of nitrogens with one attached hydrogen (secondary N) is 2. The zero-order valence-corrected chi connectivity index (χ0v) is 13.8. The first kappa shape index (κ1) is 16.3. The Morgan fingerprint density at radius 1 is 1.14 bits per heavy atom. The Morgan fingerprint density at radius 3 is 2.36 bits per heavy atom. The standard InChI is InChI=1S/C16H21N3O2S/c1-4-22(20,21)19-15-8-6-14(7-9-15)13(3)18-16-10-5-12(2)11-17-16/h5-11,13,19H,4H2,1-3H3,(H,17,18)/t13-/m1/s1. The van der Waals surface area contributed by atoms with Gasteiger partial charge in [0, 0.05) is 17.9 Å². The minimum Gasteiger partial charge on any atom is -0.364 e. The van der Waals surface area contributed by atoms with Crippen LogP contribution >= 0.6 is 0 Å². The second-order valence-corrected chi connectivity index (χ2v) is 7.23. The minimum absolute atomic E-state index is 0.0613. The van der Waals surface area contributed by atoms with Crippen LogP contribution in [0.15, 0.2) is 42.6 Å². The molecule has 0 saturated heterocycles. The number of aromatic nitrogens is 1. The van der Waals surface area contributed by atoms with Crippen LogP contribution in [0.3, 0.4) is 0 Å². The molecule has 22 heavy (non-hydrogen) atoms. The van der Waals surface area contributed by atoms with Gasteiger partial charge in [0.25, 0.3) is 0 Å². The molecule has 0 fully saturated rings. The van der Waals surface area contributed by atoms with Crippen LogP contribution in [0.4, 0.5) is 11.5 Å². The molecule has 118 valence electrons. The smallest absolute Gasteiger partial charge is 0.232 e. The number of pyridine rings is 1. The van der Waals surface area contributed by atoms with Gasteiger partial charge in [-0.25, -0.2) is 13.4 Å². The molecule has 0 aliphatic heterocycles. The van der Waals surface area contributed by atoms with Crippen molar-refractivity contribution in [1.29, 1.82) is 0 Å². The highest BCUT2D eigenvalue weighted by molar-refractivity contribution is 7.92. The highest BCUT2D eigenvalue weighted by atomic mass is 32.2. The van der Waals surface area contributed by atoms with Gasteiger partial charge in [0.05, 0.1) is 5.75 Å². The van der Waals surface area contributed by atoms with Crippen molar-refractivity contribution in [2.45, 2.75) is 26.8 Å². The molecule has 0 unspecified atom stereocenters. The van der Waals surface area contributed by atoms with E-state index in [1.54, 1.807) is 19.1 Å². The van der Waals surface area contributed by atoms with Gasteiger partial charge >= 0.3 is 0 Å². The van der Waals surface area contributed by atoms with E-state index in [-0.39, 0.29) is 11.8 Å². The van der Waals surface area contributed by atoms with Crippen molar-refractivity contribution in [1.82, 2.24) is 4.98 Å². The lowest BCUT2D eigenvalue weighted by Gasteiger charge is -2.15. The van der Waals surface area contributed by atoms with Gasteiger partial charge in [-0.2, -0.15) is 0 Å². The average molecular weight is 319 g/mol. The van der Waals surface area contributed by atoms with Gasteiger partial charge in [-0.1, -0.05) is 18.2 Å². The number of benzene rings is 1. The number of nitrogens with zero attached hydrogens (tertiary/aromatic N) is 1. The van der Waals surface area contributed by atoms with E-state index in [4.69, 9.17) is 0 Å². The summed E-state index contributed by atoms with van der Waals surface area (Å²) in [5, 5.41) is 3.31. The largest absolute Gasteiger partial charge is 0.364 e. The van der Waals surface area contributed by atoms with Crippen molar-refractivity contribution in [3.63, 3.8) is 0 Å². The molecule has 2 rings (SSSR count). The molecule has 2 aromatic rings. The van der Waals surface area contributed by atoms with E-state index in [0.29, 0.717) is 5.69 Å². The highest BCUT2D eigenvalue weighted by Gasteiger charge is 2.09. The SMILES string of the molecule is CCS(=O)(=O)Nc1ccc([C@@H](C)Nc2ccc(C)cn2)cc1. The van der Waals surface area contributed by atoms with Crippen LogP contribution < -0.4 is 10.0 Å². The van der Waals surface area contributed by atoms with E-state index in [0.717, 1.165) is 16.9 Å². The molecule has 1 aromatic carbocycles. The van der Waals surface area contributed by atoms with E-state index in [1.807, 2.05) is 44.3 Å². The fourth-order valence-corrected chi connectivity index (χ4v) is 2.59. The summed E-state index contributed by atoms with van der Waals surface area (Å²) in [7, 11) is -3.23. The van der Waals surface area contributed by atoms with Crippen LogP contribution in [0, 0.1) is 6.92 Å². The summed E-state index contributed by atoms with van der Waals surface area (Å²) in [4.78, 5) is 4.32. The molecule has 0 radical (unpaired) electrons. The summed E-state index contributed by atoms with van der Waals surface area (Å²) < 4.78 is 25.6. The number of anilines is 2. The summed E-state index contributed by atoms with van der Waals surface area (Å²) in [5.74, 6) is 0.875. The second kappa shape index (κ2) is 6.79. The fraction of sp³-hybridized carbons (Fsp3) is 0.312. The monoisotopic (exact) mass is 319 g/mol. The van der Waals surface area contributed by atoms with Gasteiger partial charge in [0.1, 0.15) is 5.82 Å². The molecule has 1 aromatic heterocycles. The van der Waals surface area contributed by atoms with E-state index >= 15 is 0 Å². The summed E-state index contributed by atoms with van der Waals surface area (Å²) in [6.45, 7) is 5.64. The number of hydrogen-bond donors (Lipinski definition) is 2. The van der Waals surface area contributed by atoms with Crippen molar-refractivity contribution in [2.24, 2.45) is 0 Å². The van der Waals surface area contributed by atoms with Crippen molar-refractivity contribution >= 4 is 21.5 Å². The maximum atomic E-state index is 11.5. The van der Waals surface area contributed by atoms with E-state index in [9.17, 15) is 8.42 Å². The van der Waals surface area contributed by atoms with Crippen LogP contribution in [-0.2, 0) is 10.0 Å². The summed E-state index contributed by atoms with van der Waals surface area (Å²) in [6, 6.07) is 11.4. The molecule has 0 spiro atoms. The lowest BCUT2D eigenvalue weighted by molar-refractivity contribution is 0.602. The molecule has 0 bridgehead atoms. The van der Waals surface area contributed by atoms with Crippen LogP contribution in [-0.4, -0.2) is 19.2 Å². The molecule has 0 saturated carbocycles. The predicted molar refractivity (Wildman–Crippen MR) is 90.5 cm³/mol. The quantitative estimate of drug-likeness (QED) is 0.857. The molecular formula is C16H21N3O2S. The normalized spacial score (nSPS) is 12.7. The molecule has 5 nitrogen and oxygen atoms in total. The third-order valence-electron chi connectivity index (χ3n) is 3.34. The van der Waals surface area contributed by atoms with Gasteiger partial charge in [0.2, 0.25) is 10.0 Å². The van der Waals surface area contributed by atoms with Crippen LogP contribution in [0.25, 0.3) is 0 Å². The third kappa shape index (κ3) is 4.46.